The van der Waals surface area contributed by atoms with Crippen molar-refractivity contribution in [1.29, 1.82) is 0 Å². The molecule has 0 spiro atoms. The molecule has 0 bridgehead atoms. The van der Waals surface area contributed by atoms with Crippen molar-refractivity contribution in [2.45, 2.75) is 52.6 Å². The Morgan fingerprint density at radius 2 is 1.18 bits per heavy atom. The number of hydrogen-bond acceptors (Lipinski definition) is 1. The van der Waals surface area contributed by atoms with Gasteiger partial charge in [-0.2, -0.15) is 0 Å². The van der Waals surface area contributed by atoms with Gasteiger partial charge < -0.3 is 4.90 Å². The molecule has 0 N–H and O–H groups in total. The third kappa shape index (κ3) is 2.91. The van der Waals surface area contributed by atoms with Crippen molar-refractivity contribution in [2.75, 3.05) is 0 Å². The van der Waals surface area contributed by atoms with E-state index >= 15 is 0 Å². The van der Waals surface area contributed by atoms with Gasteiger partial charge >= 0.3 is 6.41 Å². The van der Waals surface area contributed by atoms with Crippen LogP contribution < -0.4 is 0 Å². The van der Waals surface area contributed by atoms with Crippen molar-refractivity contribution >= 4 is 6.41 Å². The fourth-order valence-corrected chi connectivity index (χ4v) is 1.28. The summed E-state index contributed by atoms with van der Waals surface area (Å²) in [5.41, 5.74) is -0.278. The van der Waals surface area contributed by atoms with Crippen LogP contribution in [0, 0.1) is 0 Å². The highest BCUT2D eigenvalue weighted by Gasteiger charge is 2.30. The molecular weight excluding hydrogens is 138 g/mol. The molecule has 0 unspecified atom stereocenters. The van der Waals surface area contributed by atoms with Crippen LogP contribution in [0.4, 0.5) is 0 Å². The van der Waals surface area contributed by atoms with Gasteiger partial charge in [-0.25, -0.2) is 0 Å². The van der Waals surface area contributed by atoms with Gasteiger partial charge in [-0.1, -0.05) is 0 Å². The minimum Gasteiger partial charge on any atom is -0.325 e. The first-order chi connectivity index (χ1) is 4.69. The molecule has 0 saturated carbocycles. The molecule has 0 aromatic rings. The predicted octanol–water partition coefficient (Wildman–Crippen LogP) is 1.95. The Morgan fingerprint density at radius 1 is 0.909 bits per heavy atom. The third-order valence-electron chi connectivity index (χ3n) is 1.43. The second-order valence-corrected chi connectivity index (χ2v) is 4.77. The Morgan fingerprint density at radius 3 is 1.18 bits per heavy atom. The van der Waals surface area contributed by atoms with Gasteiger partial charge in [0, 0.05) is 11.1 Å². The maximum Gasteiger partial charge on any atom is 0.313 e. The van der Waals surface area contributed by atoms with E-state index in [4.69, 9.17) is 0 Å². The minimum absolute atomic E-state index is 0.139. The van der Waals surface area contributed by atoms with E-state index < -0.39 is 0 Å². The molecule has 0 aliphatic carbocycles. The Labute approximate surface area is 69.6 Å². The van der Waals surface area contributed by atoms with E-state index in [1.807, 2.05) is 48.0 Å². The summed E-state index contributed by atoms with van der Waals surface area (Å²) in [5.74, 6) is 0. The summed E-state index contributed by atoms with van der Waals surface area (Å²) < 4.78 is 0. The van der Waals surface area contributed by atoms with Crippen LogP contribution in [0.3, 0.4) is 0 Å². The summed E-state index contributed by atoms with van der Waals surface area (Å²) in [5, 5.41) is 0. The SMILES string of the molecule is CC(C)(C)N([C]=O)C(C)(C)C. The Bertz CT molecular complexity index is 125. The summed E-state index contributed by atoms with van der Waals surface area (Å²) in [7, 11) is 0. The first-order valence-corrected chi connectivity index (χ1v) is 3.87. The average Bonchev–Trinajstić information content (AvgIpc) is 1.56. The molecule has 0 aromatic carbocycles. The molecule has 0 fully saturated rings. The van der Waals surface area contributed by atoms with Gasteiger partial charge in [0.05, 0.1) is 0 Å². The molecule has 11 heavy (non-hydrogen) atoms. The van der Waals surface area contributed by atoms with Crippen LogP contribution >= 0.6 is 0 Å². The molecule has 1 radical (unpaired) electrons. The molecule has 0 saturated heterocycles. The van der Waals surface area contributed by atoms with Crippen LogP contribution in [0.2, 0.25) is 0 Å². The number of nitrogens with zero attached hydrogens (tertiary/aromatic N) is 1. The van der Waals surface area contributed by atoms with E-state index in [0.717, 1.165) is 0 Å². The van der Waals surface area contributed by atoms with E-state index in [1.54, 1.807) is 4.90 Å². The maximum atomic E-state index is 10.6. The van der Waals surface area contributed by atoms with Gasteiger partial charge in [-0.15, -0.1) is 0 Å². The van der Waals surface area contributed by atoms with Gasteiger partial charge in [0.2, 0.25) is 0 Å². The molecule has 0 heterocycles. The van der Waals surface area contributed by atoms with Crippen molar-refractivity contribution in [2.24, 2.45) is 0 Å². The van der Waals surface area contributed by atoms with E-state index in [2.05, 4.69) is 0 Å². The highest BCUT2D eigenvalue weighted by atomic mass is 16.1. The fraction of sp³-hybridized carbons (Fsp3) is 0.889. The Balaban J connectivity index is 4.56. The van der Waals surface area contributed by atoms with E-state index in [9.17, 15) is 4.79 Å². The predicted molar refractivity (Wildman–Crippen MR) is 47.0 cm³/mol. The van der Waals surface area contributed by atoms with Crippen LogP contribution in [-0.2, 0) is 4.79 Å². The Kier molecular flexibility index (Phi) is 2.70. The first kappa shape index (κ1) is 10.5. The van der Waals surface area contributed by atoms with E-state index in [0.29, 0.717) is 0 Å². The lowest BCUT2D eigenvalue weighted by molar-refractivity contribution is 0.118. The van der Waals surface area contributed by atoms with Crippen molar-refractivity contribution in [3.63, 3.8) is 0 Å². The smallest absolute Gasteiger partial charge is 0.313 e. The van der Waals surface area contributed by atoms with Gasteiger partial charge in [0.25, 0.3) is 0 Å². The van der Waals surface area contributed by atoms with Crippen LogP contribution in [0.25, 0.3) is 0 Å². The molecule has 0 aromatic heterocycles. The van der Waals surface area contributed by atoms with E-state index in [1.165, 1.54) is 0 Å². The normalized spacial score (nSPS) is 12.9. The zero-order valence-corrected chi connectivity index (χ0v) is 8.36. The molecule has 0 rings (SSSR count). The number of hydrogen-bond donors (Lipinski definition) is 0. The monoisotopic (exact) mass is 156 g/mol. The molecule has 65 valence electrons. The van der Waals surface area contributed by atoms with Crippen molar-refractivity contribution in [3.05, 3.63) is 0 Å². The highest BCUT2D eigenvalue weighted by Crippen LogP contribution is 2.21. The zero-order valence-electron chi connectivity index (χ0n) is 8.36. The molecule has 1 amide bonds. The first-order valence-electron chi connectivity index (χ1n) is 3.87. The quantitative estimate of drug-likeness (QED) is 0.531. The van der Waals surface area contributed by atoms with Crippen LogP contribution in [0.1, 0.15) is 41.5 Å². The lowest BCUT2D eigenvalue weighted by Gasteiger charge is -2.41. The second kappa shape index (κ2) is 2.84. The molecule has 0 aliphatic heterocycles. The maximum absolute atomic E-state index is 10.6. The summed E-state index contributed by atoms with van der Waals surface area (Å²) in [4.78, 5) is 12.3. The summed E-state index contributed by atoms with van der Waals surface area (Å²) >= 11 is 0. The van der Waals surface area contributed by atoms with Crippen molar-refractivity contribution in [3.8, 4) is 0 Å². The fourth-order valence-electron chi connectivity index (χ4n) is 1.28. The molecule has 2 heteroatoms. The zero-order chi connectivity index (χ0) is 9.28. The van der Waals surface area contributed by atoms with Crippen molar-refractivity contribution in [1.82, 2.24) is 4.90 Å². The molecular formula is C9H18NO. The van der Waals surface area contributed by atoms with Gasteiger partial charge in [0.1, 0.15) is 0 Å². The van der Waals surface area contributed by atoms with Crippen LogP contribution in [0.5, 0.6) is 0 Å². The Hall–Kier alpha value is -0.530. The lowest BCUT2D eigenvalue weighted by Crippen LogP contribution is -2.51. The van der Waals surface area contributed by atoms with Crippen molar-refractivity contribution < 1.29 is 4.79 Å². The standard InChI is InChI=1S/C9H18NO/c1-8(2,3)10(7-11)9(4,5)6/h1-6H3. The number of rotatable bonds is 1. The summed E-state index contributed by atoms with van der Waals surface area (Å²) in [6.07, 6.45) is 1.97. The second-order valence-electron chi connectivity index (χ2n) is 4.77. The topological polar surface area (TPSA) is 20.3 Å². The number of carbonyl (C=O) groups excluding carboxylic acids is 1. The molecule has 0 aliphatic rings. The highest BCUT2D eigenvalue weighted by molar-refractivity contribution is 5.51. The molecule has 0 atom stereocenters. The molecule has 2 nitrogen and oxygen atoms in total. The third-order valence-corrected chi connectivity index (χ3v) is 1.43. The lowest BCUT2D eigenvalue weighted by atomic mass is 9.97. The number of amides is 1. The summed E-state index contributed by atoms with van der Waals surface area (Å²) in [6.45, 7) is 12.0. The van der Waals surface area contributed by atoms with Gasteiger partial charge in [0.15, 0.2) is 0 Å². The van der Waals surface area contributed by atoms with Gasteiger partial charge in [-0.3, -0.25) is 4.79 Å². The largest absolute Gasteiger partial charge is 0.325 e. The van der Waals surface area contributed by atoms with E-state index in [-0.39, 0.29) is 11.1 Å². The average molecular weight is 156 g/mol. The van der Waals surface area contributed by atoms with Crippen LogP contribution in [-0.4, -0.2) is 22.4 Å². The van der Waals surface area contributed by atoms with Gasteiger partial charge in [-0.05, 0) is 41.5 Å². The minimum atomic E-state index is -0.139. The van der Waals surface area contributed by atoms with Crippen LogP contribution in [0.15, 0.2) is 0 Å². The summed E-state index contributed by atoms with van der Waals surface area (Å²) in [6, 6.07) is 0.